The minimum atomic E-state index is 0.902. The molecule has 3 heteroatoms. The van der Waals surface area contributed by atoms with Gasteiger partial charge < -0.3 is 9.88 Å². The number of anilines is 1. The van der Waals surface area contributed by atoms with Crippen LogP contribution < -0.4 is 5.32 Å². The SMILES string of the molecule is Cn1cccc1C1=Nc2cccc3cccc(c23)N1. The van der Waals surface area contributed by atoms with Crippen LogP contribution in [-0.4, -0.2) is 10.4 Å². The number of nitrogens with one attached hydrogen (secondary N) is 1. The molecule has 0 bridgehead atoms. The van der Waals surface area contributed by atoms with E-state index in [1.807, 2.05) is 19.3 Å². The lowest BCUT2D eigenvalue weighted by atomic mass is 10.1. The molecule has 1 aliphatic heterocycles. The van der Waals surface area contributed by atoms with E-state index < -0.39 is 0 Å². The zero-order valence-electron chi connectivity index (χ0n) is 10.6. The van der Waals surface area contributed by atoms with E-state index >= 15 is 0 Å². The van der Waals surface area contributed by atoms with Gasteiger partial charge in [-0.25, -0.2) is 4.99 Å². The lowest BCUT2D eigenvalue weighted by Crippen LogP contribution is -2.18. The van der Waals surface area contributed by atoms with Gasteiger partial charge in [0, 0.05) is 24.3 Å². The number of amidine groups is 1. The van der Waals surface area contributed by atoms with Gasteiger partial charge >= 0.3 is 0 Å². The fourth-order valence-electron chi connectivity index (χ4n) is 2.62. The summed E-state index contributed by atoms with van der Waals surface area (Å²) >= 11 is 0. The summed E-state index contributed by atoms with van der Waals surface area (Å²) in [5.74, 6) is 0.902. The van der Waals surface area contributed by atoms with Gasteiger partial charge in [-0.05, 0) is 29.7 Å². The van der Waals surface area contributed by atoms with Gasteiger partial charge in [0.25, 0.3) is 0 Å². The van der Waals surface area contributed by atoms with Crippen molar-refractivity contribution in [3.8, 4) is 0 Å². The van der Waals surface area contributed by atoms with Crippen molar-refractivity contribution in [2.45, 2.75) is 0 Å². The topological polar surface area (TPSA) is 29.3 Å². The molecule has 92 valence electrons. The number of rotatable bonds is 1. The van der Waals surface area contributed by atoms with Crippen LogP contribution in [0.5, 0.6) is 0 Å². The molecule has 1 aromatic heterocycles. The van der Waals surface area contributed by atoms with Crippen molar-refractivity contribution in [1.29, 1.82) is 0 Å². The van der Waals surface area contributed by atoms with E-state index in [1.165, 1.54) is 10.8 Å². The van der Waals surface area contributed by atoms with Crippen LogP contribution in [0.25, 0.3) is 10.8 Å². The molecular weight excluding hydrogens is 234 g/mol. The third-order valence-corrected chi connectivity index (χ3v) is 3.55. The van der Waals surface area contributed by atoms with Crippen LogP contribution in [0.1, 0.15) is 5.69 Å². The molecule has 2 heterocycles. The molecule has 0 saturated carbocycles. The zero-order valence-corrected chi connectivity index (χ0v) is 10.6. The number of benzene rings is 2. The van der Waals surface area contributed by atoms with Gasteiger partial charge in [0.2, 0.25) is 0 Å². The number of nitrogens with zero attached hydrogens (tertiary/aromatic N) is 2. The summed E-state index contributed by atoms with van der Waals surface area (Å²) in [5, 5.41) is 5.85. The quantitative estimate of drug-likeness (QED) is 0.698. The van der Waals surface area contributed by atoms with Crippen molar-refractivity contribution in [1.82, 2.24) is 4.57 Å². The van der Waals surface area contributed by atoms with Crippen LogP contribution in [0.3, 0.4) is 0 Å². The highest BCUT2D eigenvalue weighted by atomic mass is 15.1. The van der Waals surface area contributed by atoms with Crippen LogP contribution in [0, 0.1) is 0 Å². The Morgan fingerprint density at radius 1 is 1.00 bits per heavy atom. The van der Waals surface area contributed by atoms with E-state index in [0.717, 1.165) is 22.9 Å². The van der Waals surface area contributed by atoms with Gasteiger partial charge in [-0.3, -0.25) is 0 Å². The Bertz CT molecular complexity index is 806. The van der Waals surface area contributed by atoms with Crippen molar-refractivity contribution in [2.24, 2.45) is 12.0 Å². The van der Waals surface area contributed by atoms with Crippen LogP contribution in [0.4, 0.5) is 11.4 Å². The van der Waals surface area contributed by atoms with Gasteiger partial charge in [-0.15, -0.1) is 0 Å². The number of aromatic nitrogens is 1. The first-order chi connectivity index (χ1) is 9.33. The van der Waals surface area contributed by atoms with Gasteiger partial charge in [0.05, 0.1) is 11.4 Å². The predicted octanol–water partition coefficient (Wildman–Crippen LogP) is 3.68. The fraction of sp³-hybridized carbons (Fsp3) is 0.0625. The first kappa shape index (κ1) is 10.4. The molecule has 0 fully saturated rings. The number of aryl methyl sites for hydroxylation is 1. The highest BCUT2D eigenvalue weighted by Crippen LogP contribution is 2.36. The summed E-state index contributed by atoms with van der Waals surface area (Å²) in [6.07, 6.45) is 2.03. The van der Waals surface area contributed by atoms with Crippen molar-refractivity contribution in [3.63, 3.8) is 0 Å². The summed E-state index contributed by atoms with van der Waals surface area (Å²) < 4.78 is 2.07. The Kier molecular flexibility index (Phi) is 2.03. The molecule has 0 radical (unpaired) electrons. The minimum absolute atomic E-state index is 0.902. The smallest absolute Gasteiger partial charge is 0.155 e. The molecule has 0 aliphatic carbocycles. The molecule has 0 unspecified atom stereocenters. The largest absolute Gasteiger partial charge is 0.348 e. The van der Waals surface area contributed by atoms with Gasteiger partial charge in [-0.1, -0.05) is 24.3 Å². The van der Waals surface area contributed by atoms with E-state index in [2.05, 4.69) is 52.3 Å². The molecule has 1 N–H and O–H groups in total. The number of hydrogen-bond donors (Lipinski definition) is 1. The standard InChI is InChI=1S/C16H13N3/c1-19-10-4-9-14(19)16-17-12-7-2-5-11-6-3-8-13(18-16)15(11)12/h2-10H,1H3,(H,17,18). The molecule has 0 saturated heterocycles. The van der Waals surface area contributed by atoms with E-state index in [1.54, 1.807) is 0 Å². The van der Waals surface area contributed by atoms with E-state index in [0.29, 0.717) is 0 Å². The Morgan fingerprint density at radius 2 is 1.84 bits per heavy atom. The summed E-state index contributed by atoms with van der Waals surface area (Å²) in [6, 6.07) is 16.6. The average molecular weight is 247 g/mol. The lowest BCUT2D eigenvalue weighted by Gasteiger charge is -2.19. The predicted molar refractivity (Wildman–Crippen MR) is 79.2 cm³/mol. The molecule has 4 rings (SSSR count). The maximum atomic E-state index is 4.75. The molecule has 3 nitrogen and oxygen atoms in total. The van der Waals surface area contributed by atoms with Crippen molar-refractivity contribution in [3.05, 3.63) is 60.4 Å². The molecule has 3 aromatic rings. The van der Waals surface area contributed by atoms with Gasteiger partial charge in [0.15, 0.2) is 5.84 Å². The average Bonchev–Trinajstić information content (AvgIpc) is 2.85. The monoisotopic (exact) mass is 247 g/mol. The number of aliphatic imine (C=N–C) groups is 1. The summed E-state index contributed by atoms with van der Waals surface area (Å²) in [5.41, 5.74) is 3.24. The third-order valence-electron chi connectivity index (χ3n) is 3.55. The minimum Gasteiger partial charge on any atom is -0.348 e. The zero-order chi connectivity index (χ0) is 12.8. The van der Waals surface area contributed by atoms with E-state index in [-0.39, 0.29) is 0 Å². The molecule has 0 spiro atoms. The van der Waals surface area contributed by atoms with E-state index in [4.69, 9.17) is 4.99 Å². The summed E-state index contributed by atoms with van der Waals surface area (Å²) in [4.78, 5) is 4.75. The summed E-state index contributed by atoms with van der Waals surface area (Å²) in [6.45, 7) is 0. The second-order valence-electron chi connectivity index (χ2n) is 4.77. The Balaban J connectivity index is 1.99. The summed E-state index contributed by atoms with van der Waals surface area (Å²) in [7, 11) is 2.03. The van der Waals surface area contributed by atoms with E-state index in [9.17, 15) is 0 Å². The molecular formula is C16H13N3. The Labute approximate surface area is 111 Å². The van der Waals surface area contributed by atoms with Crippen LogP contribution in [0.2, 0.25) is 0 Å². The maximum absolute atomic E-state index is 4.75. The first-order valence-corrected chi connectivity index (χ1v) is 6.32. The van der Waals surface area contributed by atoms with Crippen molar-refractivity contribution in [2.75, 3.05) is 5.32 Å². The van der Waals surface area contributed by atoms with Crippen molar-refractivity contribution >= 4 is 28.0 Å². The molecule has 0 atom stereocenters. The van der Waals surface area contributed by atoms with Gasteiger partial charge in [-0.2, -0.15) is 0 Å². The maximum Gasteiger partial charge on any atom is 0.155 e. The fourth-order valence-corrected chi connectivity index (χ4v) is 2.62. The molecule has 2 aromatic carbocycles. The molecule has 19 heavy (non-hydrogen) atoms. The first-order valence-electron chi connectivity index (χ1n) is 6.32. The molecule has 0 amide bonds. The normalized spacial score (nSPS) is 13.2. The van der Waals surface area contributed by atoms with Crippen LogP contribution in [0.15, 0.2) is 59.7 Å². The van der Waals surface area contributed by atoms with Crippen LogP contribution in [-0.2, 0) is 7.05 Å². The molecule has 1 aliphatic rings. The second kappa shape index (κ2) is 3.72. The highest BCUT2D eigenvalue weighted by Gasteiger charge is 2.16. The van der Waals surface area contributed by atoms with Crippen molar-refractivity contribution < 1.29 is 0 Å². The highest BCUT2D eigenvalue weighted by molar-refractivity contribution is 6.18. The number of hydrogen-bond acceptors (Lipinski definition) is 2. The Hall–Kier alpha value is -2.55. The lowest BCUT2D eigenvalue weighted by molar-refractivity contribution is 0.914. The second-order valence-corrected chi connectivity index (χ2v) is 4.77. The third kappa shape index (κ3) is 1.48. The Morgan fingerprint density at radius 3 is 2.63 bits per heavy atom. The van der Waals surface area contributed by atoms with Crippen LogP contribution >= 0.6 is 0 Å². The van der Waals surface area contributed by atoms with Gasteiger partial charge in [0.1, 0.15) is 0 Å².